The number of rotatable bonds is 4. The van der Waals surface area contributed by atoms with Gasteiger partial charge < -0.3 is 9.26 Å². The van der Waals surface area contributed by atoms with Gasteiger partial charge in [-0.15, -0.1) is 13.2 Å². The summed E-state index contributed by atoms with van der Waals surface area (Å²) < 4.78 is 46.5. The molecule has 3 aromatic rings. The summed E-state index contributed by atoms with van der Waals surface area (Å²) in [6.07, 6.45) is 0.356. The van der Waals surface area contributed by atoms with E-state index in [9.17, 15) is 13.2 Å². The second kappa shape index (κ2) is 7.38. The maximum atomic E-state index is 12.4. The first kappa shape index (κ1) is 18.7. The van der Waals surface area contributed by atoms with Gasteiger partial charge in [-0.05, 0) is 31.0 Å². The topological polar surface area (TPSA) is 101 Å². The number of hydrogen-bond acceptors (Lipinski definition) is 8. The van der Waals surface area contributed by atoms with Crippen molar-refractivity contribution in [3.8, 4) is 34.9 Å². The summed E-state index contributed by atoms with van der Waals surface area (Å²) in [5, 5.41) is 13.1. The van der Waals surface area contributed by atoms with E-state index >= 15 is 0 Å². The fourth-order valence-electron chi connectivity index (χ4n) is 3.08. The minimum absolute atomic E-state index is 0.135. The van der Waals surface area contributed by atoms with E-state index in [4.69, 9.17) is 9.78 Å². The van der Waals surface area contributed by atoms with E-state index in [0.717, 1.165) is 12.8 Å². The zero-order valence-electron chi connectivity index (χ0n) is 14.8. The maximum Gasteiger partial charge on any atom is 0.573 e. The Kier molecular flexibility index (Phi) is 4.75. The molecule has 8 nitrogen and oxygen atoms in total. The summed E-state index contributed by atoms with van der Waals surface area (Å²) in [6, 6.07) is 6.66. The Morgan fingerprint density at radius 1 is 1.24 bits per heavy atom. The number of alkyl halides is 3. The summed E-state index contributed by atoms with van der Waals surface area (Å²) in [5.41, 5.74) is 0.650. The molecule has 3 heterocycles. The quantitative estimate of drug-likeness (QED) is 0.609. The van der Waals surface area contributed by atoms with Gasteiger partial charge in [0.15, 0.2) is 17.8 Å². The van der Waals surface area contributed by atoms with Crippen LogP contribution < -0.4 is 4.74 Å². The monoisotopic (exact) mass is 402 g/mol. The molecule has 0 N–H and O–H groups in total. The number of likely N-dealkylation sites (tertiary alicyclic amines) is 1. The van der Waals surface area contributed by atoms with Crippen LogP contribution in [-0.4, -0.2) is 37.9 Å². The summed E-state index contributed by atoms with van der Waals surface area (Å²) in [4.78, 5) is 14.3. The number of halogens is 3. The van der Waals surface area contributed by atoms with Crippen molar-refractivity contribution >= 4 is 0 Å². The predicted molar refractivity (Wildman–Crippen MR) is 91.7 cm³/mol. The van der Waals surface area contributed by atoms with E-state index in [0.29, 0.717) is 23.6 Å². The minimum atomic E-state index is -4.79. The van der Waals surface area contributed by atoms with Crippen molar-refractivity contribution in [2.24, 2.45) is 0 Å². The zero-order valence-corrected chi connectivity index (χ0v) is 14.8. The van der Waals surface area contributed by atoms with E-state index < -0.39 is 6.36 Å². The van der Waals surface area contributed by atoms with Crippen molar-refractivity contribution in [3.05, 3.63) is 42.4 Å². The number of ether oxygens (including phenoxy) is 1. The summed E-state index contributed by atoms with van der Waals surface area (Å²) in [6.45, 7) is 0.638. The van der Waals surface area contributed by atoms with E-state index in [1.807, 2.05) is 0 Å². The van der Waals surface area contributed by atoms with Crippen LogP contribution in [0.5, 0.6) is 5.75 Å². The molecule has 2 aromatic heterocycles. The van der Waals surface area contributed by atoms with Crippen LogP contribution in [0.25, 0.3) is 23.0 Å². The van der Waals surface area contributed by atoms with Gasteiger partial charge in [-0.25, -0.2) is 9.97 Å². The first-order valence-electron chi connectivity index (χ1n) is 8.62. The molecule has 1 atom stereocenters. The van der Waals surface area contributed by atoms with Gasteiger partial charge in [-0.2, -0.15) is 10.2 Å². The lowest BCUT2D eigenvalue weighted by molar-refractivity contribution is -0.274. The average Bonchev–Trinajstić information content (AvgIpc) is 3.36. The molecule has 0 bridgehead atoms. The summed E-state index contributed by atoms with van der Waals surface area (Å²) in [5.74, 6) is 0.326. The molecule has 0 spiro atoms. The number of hydrogen-bond donors (Lipinski definition) is 0. The second-order valence-corrected chi connectivity index (χ2v) is 6.25. The van der Waals surface area contributed by atoms with Crippen LogP contribution in [-0.2, 0) is 0 Å². The van der Waals surface area contributed by atoms with Crippen LogP contribution in [0, 0.1) is 11.5 Å². The van der Waals surface area contributed by atoms with Gasteiger partial charge in [-0.1, -0.05) is 17.3 Å². The van der Waals surface area contributed by atoms with Crippen molar-refractivity contribution < 1.29 is 22.4 Å². The van der Waals surface area contributed by atoms with Crippen molar-refractivity contribution in [2.75, 3.05) is 6.54 Å². The summed E-state index contributed by atoms with van der Waals surface area (Å²) >= 11 is 0. The third-order valence-corrected chi connectivity index (χ3v) is 4.32. The van der Waals surface area contributed by atoms with Crippen LogP contribution in [0.1, 0.15) is 24.7 Å². The molecule has 1 aromatic carbocycles. The van der Waals surface area contributed by atoms with Crippen LogP contribution in [0.3, 0.4) is 0 Å². The molecular weight excluding hydrogens is 389 g/mol. The molecule has 1 fully saturated rings. The highest BCUT2D eigenvalue weighted by atomic mass is 19.4. The third kappa shape index (κ3) is 4.11. The van der Waals surface area contributed by atoms with Crippen molar-refractivity contribution in [1.29, 1.82) is 5.26 Å². The first-order chi connectivity index (χ1) is 13.9. The average molecular weight is 402 g/mol. The molecule has 1 aliphatic rings. The molecule has 0 aliphatic carbocycles. The smallest absolute Gasteiger partial charge is 0.406 e. The number of nitrogens with zero attached hydrogens (tertiary/aromatic N) is 6. The van der Waals surface area contributed by atoms with Crippen molar-refractivity contribution in [3.63, 3.8) is 0 Å². The molecular formula is C18H13F3N6O2. The second-order valence-electron chi connectivity index (χ2n) is 6.25. The van der Waals surface area contributed by atoms with E-state index in [2.05, 4.69) is 31.0 Å². The molecule has 0 amide bonds. The highest BCUT2D eigenvalue weighted by Crippen LogP contribution is 2.31. The Labute approximate surface area is 162 Å². The van der Waals surface area contributed by atoms with Gasteiger partial charge in [0, 0.05) is 18.3 Å². The lowest BCUT2D eigenvalue weighted by Crippen LogP contribution is -2.17. The van der Waals surface area contributed by atoms with Gasteiger partial charge in [-0.3, -0.25) is 4.90 Å². The zero-order chi connectivity index (χ0) is 20.4. The fraction of sp³-hybridized carbons (Fsp3) is 0.278. The van der Waals surface area contributed by atoms with Crippen LogP contribution in [0.2, 0.25) is 0 Å². The normalized spacial score (nSPS) is 16.6. The first-order valence-corrected chi connectivity index (χ1v) is 8.62. The molecule has 11 heteroatoms. The number of benzene rings is 1. The minimum Gasteiger partial charge on any atom is -0.406 e. The Balaban J connectivity index is 1.60. The van der Waals surface area contributed by atoms with Crippen LogP contribution in [0.15, 0.2) is 41.1 Å². The molecule has 1 unspecified atom stereocenters. The van der Waals surface area contributed by atoms with E-state index in [1.54, 1.807) is 17.0 Å². The summed E-state index contributed by atoms with van der Waals surface area (Å²) in [7, 11) is 0. The molecule has 0 radical (unpaired) electrons. The van der Waals surface area contributed by atoms with Gasteiger partial charge in [0.25, 0.3) is 5.89 Å². The molecule has 0 saturated carbocycles. The lowest BCUT2D eigenvalue weighted by Gasteiger charge is -2.13. The van der Waals surface area contributed by atoms with Crippen molar-refractivity contribution in [2.45, 2.75) is 25.2 Å². The molecule has 4 rings (SSSR count). The molecule has 1 saturated heterocycles. The lowest BCUT2D eigenvalue weighted by atomic mass is 10.2. The molecule has 1 aliphatic heterocycles. The standard InChI is InChI=1S/C18H13F3N6O2/c19-18(20,21)28-12-4-1-3-11(9-12)15-23-7-6-13(24-15)17-25-16(26-29-17)14-5-2-8-27(14)10-22/h1,3-4,6-7,9,14H,2,5,8H2. The Morgan fingerprint density at radius 3 is 2.90 bits per heavy atom. The Morgan fingerprint density at radius 2 is 2.10 bits per heavy atom. The highest BCUT2D eigenvalue weighted by molar-refractivity contribution is 5.60. The largest absolute Gasteiger partial charge is 0.573 e. The van der Waals surface area contributed by atoms with Gasteiger partial charge in [0.05, 0.1) is 0 Å². The number of aromatic nitrogens is 4. The van der Waals surface area contributed by atoms with E-state index in [-0.39, 0.29) is 23.5 Å². The molecule has 148 valence electrons. The van der Waals surface area contributed by atoms with Gasteiger partial charge in [0.2, 0.25) is 0 Å². The Hall–Kier alpha value is -3.68. The van der Waals surface area contributed by atoms with Crippen LogP contribution in [0.4, 0.5) is 13.2 Å². The maximum absolute atomic E-state index is 12.4. The highest BCUT2D eigenvalue weighted by Gasteiger charge is 2.31. The number of nitriles is 1. The Bertz CT molecular complexity index is 1060. The van der Waals surface area contributed by atoms with Crippen molar-refractivity contribution in [1.82, 2.24) is 25.0 Å². The fourth-order valence-corrected chi connectivity index (χ4v) is 3.08. The predicted octanol–water partition coefficient (Wildman–Crippen LogP) is 3.71. The van der Waals surface area contributed by atoms with E-state index in [1.165, 1.54) is 24.4 Å². The third-order valence-electron chi connectivity index (χ3n) is 4.32. The SMILES string of the molecule is N#CN1CCCC1c1noc(-c2ccnc(-c3cccc(OC(F)(F)F)c3)n2)n1. The molecule has 29 heavy (non-hydrogen) atoms. The van der Waals surface area contributed by atoms with Gasteiger partial charge >= 0.3 is 6.36 Å². The van der Waals surface area contributed by atoms with Gasteiger partial charge in [0.1, 0.15) is 17.5 Å². The van der Waals surface area contributed by atoms with Crippen LogP contribution >= 0.6 is 0 Å².